The fraction of sp³-hybridized carbons (Fsp3) is 0.933. The minimum absolute atomic E-state index is 0.435. The maximum absolute atomic E-state index is 4.73. The highest BCUT2D eigenvalue weighted by Crippen LogP contribution is 2.37. The van der Waals surface area contributed by atoms with Gasteiger partial charge in [0.1, 0.15) is 0 Å². The number of hydrogen-bond donors (Lipinski definition) is 1. The van der Waals surface area contributed by atoms with Gasteiger partial charge in [-0.1, -0.05) is 63.6 Å². The molecule has 2 nitrogen and oxygen atoms in total. The van der Waals surface area contributed by atoms with E-state index in [0.29, 0.717) is 5.54 Å². The number of nitrogens with zero attached hydrogens (tertiary/aromatic N) is 1. The number of rotatable bonds is 7. The third kappa shape index (κ3) is 4.18. The molecule has 0 aromatic heterocycles. The summed E-state index contributed by atoms with van der Waals surface area (Å²) in [5, 5.41) is 4.92. The molecule has 18 heavy (non-hydrogen) atoms. The van der Waals surface area contributed by atoms with E-state index in [1.54, 1.807) is 0 Å². The number of aliphatic imine (C=N–C) groups is 1. The second-order valence-corrected chi connectivity index (χ2v) is 6.82. The van der Waals surface area contributed by atoms with Crippen molar-refractivity contribution in [3.05, 3.63) is 0 Å². The summed E-state index contributed by atoms with van der Waals surface area (Å²) >= 11 is 1.95. The van der Waals surface area contributed by atoms with Gasteiger partial charge < -0.3 is 5.32 Å². The molecule has 3 heteroatoms. The zero-order valence-electron chi connectivity index (χ0n) is 11.8. The highest BCUT2D eigenvalue weighted by Gasteiger charge is 2.39. The van der Waals surface area contributed by atoms with E-state index >= 15 is 0 Å². The molecule has 0 unspecified atom stereocenters. The van der Waals surface area contributed by atoms with Gasteiger partial charge >= 0.3 is 0 Å². The first-order valence-electron chi connectivity index (χ1n) is 7.80. The van der Waals surface area contributed by atoms with Gasteiger partial charge in [0.15, 0.2) is 5.17 Å². The number of unbranched alkanes of at least 4 members (excludes halogenated alkanes) is 5. The maximum Gasteiger partial charge on any atom is 0.157 e. The Hall–Kier alpha value is -0.180. The lowest BCUT2D eigenvalue weighted by Gasteiger charge is -2.21. The van der Waals surface area contributed by atoms with Gasteiger partial charge in [-0.15, -0.1) is 0 Å². The molecule has 0 radical (unpaired) electrons. The van der Waals surface area contributed by atoms with E-state index in [0.717, 1.165) is 6.54 Å². The summed E-state index contributed by atoms with van der Waals surface area (Å²) in [5.74, 6) is 1.25. The third-order valence-corrected chi connectivity index (χ3v) is 5.39. The fourth-order valence-electron chi connectivity index (χ4n) is 2.98. The molecule has 2 aliphatic rings. The summed E-state index contributed by atoms with van der Waals surface area (Å²) in [6, 6.07) is 0. The van der Waals surface area contributed by atoms with Gasteiger partial charge in [-0.05, 0) is 19.3 Å². The molecule has 0 bridgehead atoms. The van der Waals surface area contributed by atoms with Crippen LogP contribution in [0.3, 0.4) is 0 Å². The first-order chi connectivity index (χ1) is 8.85. The van der Waals surface area contributed by atoms with Crippen LogP contribution >= 0.6 is 11.8 Å². The molecule has 0 amide bonds. The van der Waals surface area contributed by atoms with E-state index in [4.69, 9.17) is 4.99 Å². The Bertz CT molecular complexity index is 270. The van der Waals surface area contributed by atoms with E-state index in [9.17, 15) is 0 Å². The number of hydrogen-bond acceptors (Lipinski definition) is 2. The number of thioether (sulfide) groups is 1. The summed E-state index contributed by atoms with van der Waals surface area (Å²) < 4.78 is 0. The van der Waals surface area contributed by atoms with Gasteiger partial charge in [0.2, 0.25) is 0 Å². The molecule has 104 valence electrons. The molecule has 1 saturated heterocycles. The Kier molecular flexibility index (Phi) is 5.87. The first-order valence-corrected chi connectivity index (χ1v) is 8.79. The summed E-state index contributed by atoms with van der Waals surface area (Å²) in [6.07, 6.45) is 13.7. The van der Waals surface area contributed by atoms with Crippen LogP contribution in [0.25, 0.3) is 0 Å². The lowest BCUT2D eigenvalue weighted by molar-refractivity contribution is 0.452. The van der Waals surface area contributed by atoms with Crippen LogP contribution in [0, 0.1) is 0 Å². The van der Waals surface area contributed by atoms with E-state index in [2.05, 4.69) is 12.2 Å². The quantitative estimate of drug-likeness (QED) is 0.694. The van der Waals surface area contributed by atoms with Crippen LogP contribution in [-0.4, -0.2) is 23.0 Å². The molecule has 2 fully saturated rings. The van der Waals surface area contributed by atoms with Gasteiger partial charge in [-0.3, -0.25) is 4.99 Å². The van der Waals surface area contributed by atoms with E-state index in [-0.39, 0.29) is 0 Å². The largest absolute Gasteiger partial charge is 0.359 e. The lowest BCUT2D eigenvalue weighted by Crippen LogP contribution is -2.40. The molecule has 1 spiro atoms. The van der Waals surface area contributed by atoms with Crippen molar-refractivity contribution in [1.29, 1.82) is 0 Å². The molecule has 1 aliphatic heterocycles. The number of nitrogens with one attached hydrogen (secondary N) is 1. The second-order valence-electron chi connectivity index (χ2n) is 5.86. The monoisotopic (exact) mass is 268 g/mol. The normalized spacial score (nSPS) is 23.9. The Morgan fingerprint density at radius 1 is 1.11 bits per heavy atom. The second kappa shape index (κ2) is 7.42. The standard InChI is InChI=1S/C15H28N2S/c1-2-3-4-5-6-9-12-16-14-17-15(13-18-14)10-7-8-11-15/h2-13H2,1H3,(H,16,17). The van der Waals surface area contributed by atoms with Gasteiger partial charge in [0.05, 0.1) is 0 Å². The average molecular weight is 268 g/mol. The summed E-state index contributed by atoms with van der Waals surface area (Å²) in [4.78, 5) is 4.73. The molecule has 0 aromatic rings. The molecule has 0 aromatic carbocycles. The molecule has 1 saturated carbocycles. The van der Waals surface area contributed by atoms with Crippen LogP contribution in [0.1, 0.15) is 71.1 Å². The topological polar surface area (TPSA) is 24.4 Å². The summed E-state index contributed by atoms with van der Waals surface area (Å²) in [6.45, 7) is 3.30. The van der Waals surface area contributed by atoms with Crippen molar-refractivity contribution >= 4 is 16.9 Å². The molecule has 1 aliphatic carbocycles. The SMILES string of the molecule is CCCCCCCCN=C1NC2(CCCC2)CS1. The molecule has 2 rings (SSSR count). The van der Waals surface area contributed by atoms with Gasteiger partial charge in [0.25, 0.3) is 0 Å². The zero-order chi connectivity index (χ0) is 12.7. The van der Waals surface area contributed by atoms with Crippen molar-refractivity contribution in [2.75, 3.05) is 12.3 Å². The smallest absolute Gasteiger partial charge is 0.157 e. The minimum atomic E-state index is 0.435. The Balaban J connectivity index is 1.57. The van der Waals surface area contributed by atoms with Gasteiger partial charge in [-0.25, -0.2) is 0 Å². The van der Waals surface area contributed by atoms with Crippen molar-refractivity contribution in [3.63, 3.8) is 0 Å². The Labute approximate surface area is 116 Å². The third-order valence-electron chi connectivity index (χ3n) is 4.19. The molecule has 1 heterocycles. The van der Waals surface area contributed by atoms with Crippen LogP contribution in [0.5, 0.6) is 0 Å². The summed E-state index contributed by atoms with van der Waals surface area (Å²) in [7, 11) is 0. The van der Waals surface area contributed by atoms with E-state index in [1.807, 2.05) is 11.8 Å². The predicted molar refractivity (Wildman–Crippen MR) is 82.5 cm³/mol. The van der Waals surface area contributed by atoms with Crippen LogP contribution < -0.4 is 5.32 Å². The van der Waals surface area contributed by atoms with Crippen LogP contribution in [0.4, 0.5) is 0 Å². The van der Waals surface area contributed by atoms with E-state index < -0.39 is 0 Å². The number of amidine groups is 1. The van der Waals surface area contributed by atoms with Crippen LogP contribution in [0.2, 0.25) is 0 Å². The molecule has 0 atom stereocenters. The first kappa shape index (κ1) is 14.2. The van der Waals surface area contributed by atoms with Crippen molar-refractivity contribution in [2.24, 2.45) is 4.99 Å². The lowest BCUT2D eigenvalue weighted by atomic mass is 10.0. The van der Waals surface area contributed by atoms with Crippen molar-refractivity contribution in [2.45, 2.75) is 76.7 Å². The van der Waals surface area contributed by atoms with Gasteiger partial charge in [-0.2, -0.15) is 0 Å². The zero-order valence-corrected chi connectivity index (χ0v) is 12.7. The van der Waals surface area contributed by atoms with Crippen molar-refractivity contribution < 1.29 is 0 Å². The Morgan fingerprint density at radius 2 is 1.83 bits per heavy atom. The highest BCUT2D eigenvalue weighted by molar-refractivity contribution is 8.14. The average Bonchev–Trinajstić information content (AvgIpc) is 3.00. The molecular formula is C15H28N2S. The van der Waals surface area contributed by atoms with Gasteiger partial charge in [0, 0.05) is 17.8 Å². The van der Waals surface area contributed by atoms with Crippen molar-refractivity contribution in [1.82, 2.24) is 5.32 Å². The molecule has 1 N–H and O–H groups in total. The Morgan fingerprint density at radius 3 is 2.61 bits per heavy atom. The maximum atomic E-state index is 4.73. The van der Waals surface area contributed by atoms with Crippen LogP contribution in [0.15, 0.2) is 4.99 Å². The summed E-state index contributed by atoms with van der Waals surface area (Å²) in [5.41, 5.74) is 0.435. The fourth-order valence-corrected chi connectivity index (χ4v) is 4.23. The predicted octanol–water partition coefficient (Wildman–Crippen LogP) is 4.35. The van der Waals surface area contributed by atoms with Crippen molar-refractivity contribution in [3.8, 4) is 0 Å². The van der Waals surface area contributed by atoms with Crippen LogP contribution in [-0.2, 0) is 0 Å². The minimum Gasteiger partial charge on any atom is -0.359 e. The highest BCUT2D eigenvalue weighted by atomic mass is 32.2. The van der Waals surface area contributed by atoms with E-state index in [1.165, 1.54) is 75.1 Å². The molecular weight excluding hydrogens is 240 g/mol.